The van der Waals surface area contributed by atoms with E-state index in [1.54, 1.807) is 18.2 Å². The van der Waals surface area contributed by atoms with Crippen LogP contribution in [0.25, 0.3) is 6.08 Å². The lowest BCUT2D eigenvalue weighted by molar-refractivity contribution is -0.137. The maximum atomic E-state index is 12.8. The normalized spacial score (nSPS) is 11.4. The smallest absolute Gasteiger partial charge is 0.417 e. The van der Waals surface area contributed by atoms with Crippen LogP contribution in [0.5, 0.6) is 5.75 Å². The molecule has 5 nitrogen and oxygen atoms in total. The van der Waals surface area contributed by atoms with E-state index in [1.165, 1.54) is 18.2 Å². The Bertz CT molecular complexity index is 882. The first-order chi connectivity index (χ1) is 12.6. The van der Waals surface area contributed by atoms with Crippen molar-refractivity contribution in [3.05, 3.63) is 64.7 Å². The fourth-order valence-corrected chi connectivity index (χ4v) is 2.26. The minimum absolute atomic E-state index is 0.167. The molecule has 0 bridgehead atoms. The molecule has 0 atom stereocenters. The quantitative estimate of drug-likeness (QED) is 0.725. The predicted molar refractivity (Wildman–Crippen MR) is 95.2 cm³/mol. The zero-order valence-electron chi connectivity index (χ0n) is 13.7. The Morgan fingerprint density at radius 1 is 1.19 bits per heavy atom. The number of hydrogen-bond acceptors (Lipinski definition) is 3. The number of nitrogens with one attached hydrogen (secondary N) is 1. The van der Waals surface area contributed by atoms with Crippen molar-refractivity contribution in [2.75, 3.05) is 11.9 Å². The number of alkyl halides is 3. The van der Waals surface area contributed by atoms with E-state index < -0.39 is 28.6 Å². The van der Waals surface area contributed by atoms with E-state index in [1.807, 2.05) is 0 Å². The Hall–Kier alpha value is -3.00. The van der Waals surface area contributed by atoms with Crippen LogP contribution < -0.4 is 15.8 Å². The van der Waals surface area contributed by atoms with Gasteiger partial charge in [0, 0.05) is 17.8 Å². The number of benzene rings is 2. The molecular formula is C18H14ClF3N2O3. The van der Waals surface area contributed by atoms with Gasteiger partial charge in [0.2, 0.25) is 5.91 Å². The van der Waals surface area contributed by atoms with Crippen LogP contribution in [0.3, 0.4) is 0 Å². The third-order valence-electron chi connectivity index (χ3n) is 3.21. The minimum atomic E-state index is -4.59. The molecule has 0 aliphatic rings. The first-order valence-electron chi connectivity index (χ1n) is 7.52. The molecular weight excluding hydrogens is 385 g/mol. The van der Waals surface area contributed by atoms with Gasteiger partial charge >= 0.3 is 6.18 Å². The number of ether oxygens (including phenoxy) is 1. The van der Waals surface area contributed by atoms with Gasteiger partial charge in [0.05, 0.1) is 10.6 Å². The maximum Gasteiger partial charge on any atom is 0.417 e. The van der Waals surface area contributed by atoms with Gasteiger partial charge in [0.25, 0.3) is 5.91 Å². The fourth-order valence-electron chi connectivity index (χ4n) is 2.04. The van der Waals surface area contributed by atoms with Crippen molar-refractivity contribution in [3.8, 4) is 5.75 Å². The summed E-state index contributed by atoms with van der Waals surface area (Å²) in [4.78, 5) is 22.7. The summed E-state index contributed by atoms with van der Waals surface area (Å²) in [5.41, 5.74) is 4.54. The maximum absolute atomic E-state index is 12.8. The molecule has 2 aromatic rings. The summed E-state index contributed by atoms with van der Waals surface area (Å²) >= 11 is 5.55. The molecule has 0 unspecified atom stereocenters. The van der Waals surface area contributed by atoms with Gasteiger partial charge in [-0.2, -0.15) is 13.2 Å². The summed E-state index contributed by atoms with van der Waals surface area (Å²) in [5.74, 6) is -0.887. The SMILES string of the molecule is NC(=O)COc1cccc(NC(=O)C=Cc2ccc(Cl)c(C(F)(F)F)c2)c1. The lowest BCUT2D eigenvalue weighted by Crippen LogP contribution is -2.20. The highest BCUT2D eigenvalue weighted by Crippen LogP contribution is 2.35. The molecule has 0 saturated heterocycles. The first kappa shape index (κ1) is 20.3. The molecule has 3 N–H and O–H groups in total. The lowest BCUT2D eigenvalue weighted by Gasteiger charge is -2.09. The number of carbonyl (C=O) groups excluding carboxylic acids is 2. The number of hydrogen-bond donors (Lipinski definition) is 2. The van der Waals surface area contributed by atoms with E-state index in [9.17, 15) is 22.8 Å². The van der Waals surface area contributed by atoms with Gasteiger partial charge in [-0.3, -0.25) is 9.59 Å². The Labute approximate surface area is 157 Å². The number of nitrogens with two attached hydrogens (primary N) is 1. The highest BCUT2D eigenvalue weighted by molar-refractivity contribution is 6.31. The van der Waals surface area contributed by atoms with E-state index >= 15 is 0 Å². The number of anilines is 1. The van der Waals surface area contributed by atoms with Crippen LogP contribution in [-0.4, -0.2) is 18.4 Å². The molecule has 0 saturated carbocycles. The molecule has 2 amide bonds. The van der Waals surface area contributed by atoms with E-state index in [0.717, 1.165) is 18.2 Å². The predicted octanol–water partition coefficient (Wildman–Crippen LogP) is 3.87. The third-order valence-corrected chi connectivity index (χ3v) is 3.54. The zero-order valence-corrected chi connectivity index (χ0v) is 14.5. The van der Waals surface area contributed by atoms with Gasteiger partial charge in [0.15, 0.2) is 6.61 Å². The summed E-state index contributed by atoms with van der Waals surface area (Å²) in [6.45, 7) is -0.310. The highest BCUT2D eigenvalue weighted by atomic mass is 35.5. The summed E-state index contributed by atoms with van der Waals surface area (Å²) in [6, 6.07) is 9.53. The van der Waals surface area contributed by atoms with Crippen molar-refractivity contribution >= 4 is 35.2 Å². The zero-order chi connectivity index (χ0) is 20.0. The van der Waals surface area contributed by atoms with Crippen molar-refractivity contribution in [1.29, 1.82) is 0 Å². The minimum Gasteiger partial charge on any atom is -0.484 e. The average molecular weight is 399 g/mol. The molecule has 142 valence electrons. The molecule has 0 aliphatic carbocycles. The largest absolute Gasteiger partial charge is 0.484 e. The Morgan fingerprint density at radius 2 is 1.93 bits per heavy atom. The molecule has 0 aliphatic heterocycles. The van der Waals surface area contributed by atoms with E-state index in [4.69, 9.17) is 22.1 Å². The van der Waals surface area contributed by atoms with Crippen LogP contribution in [0.15, 0.2) is 48.5 Å². The standard InChI is InChI=1S/C18H14ClF3N2O3/c19-15-6-4-11(8-14(15)18(20,21)22)5-7-17(26)24-12-2-1-3-13(9-12)27-10-16(23)25/h1-9H,10H2,(H2,23,25)(H,24,26). The monoisotopic (exact) mass is 398 g/mol. The molecule has 2 aromatic carbocycles. The average Bonchev–Trinajstić information content (AvgIpc) is 2.58. The molecule has 9 heteroatoms. The summed E-state index contributed by atoms with van der Waals surface area (Å²) < 4.78 is 43.6. The highest BCUT2D eigenvalue weighted by Gasteiger charge is 2.33. The molecule has 0 spiro atoms. The van der Waals surface area contributed by atoms with Gasteiger partial charge in [0.1, 0.15) is 5.75 Å². The van der Waals surface area contributed by atoms with Crippen LogP contribution in [0.2, 0.25) is 5.02 Å². The molecule has 0 fully saturated rings. The molecule has 0 heterocycles. The molecule has 0 aromatic heterocycles. The van der Waals surface area contributed by atoms with E-state index in [-0.39, 0.29) is 12.2 Å². The Morgan fingerprint density at radius 3 is 2.59 bits per heavy atom. The third kappa shape index (κ3) is 6.34. The second-order valence-corrected chi connectivity index (χ2v) is 5.75. The van der Waals surface area contributed by atoms with Crippen molar-refractivity contribution in [1.82, 2.24) is 0 Å². The van der Waals surface area contributed by atoms with Crippen molar-refractivity contribution in [3.63, 3.8) is 0 Å². The van der Waals surface area contributed by atoms with Gasteiger partial charge < -0.3 is 15.8 Å². The van der Waals surface area contributed by atoms with Gasteiger partial charge in [-0.1, -0.05) is 23.7 Å². The Balaban J connectivity index is 2.06. The number of primary amides is 1. The number of rotatable bonds is 6. The summed E-state index contributed by atoms with van der Waals surface area (Å²) in [6.07, 6.45) is -2.27. The van der Waals surface area contributed by atoms with E-state index in [2.05, 4.69) is 5.32 Å². The molecule has 2 rings (SSSR count). The van der Waals surface area contributed by atoms with Crippen LogP contribution in [-0.2, 0) is 15.8 Å². The summed E-state index contributed by atoms with van der Waals surface area (Å²) in [7, 11) is 0. The van der Waals surface area contributed by atoms with Gasteiger partial charge in [-0.25, -0.2) is 0 Å². The van der Waals surface area contributed by atoms with Crippen LogP contribution >= 0.6 is 11.6 Å². The number of carbonyl (C=O) groups is 2. The number of amides is 2. The fraction of sp³-hybridized carbons (Fsp3) is 0.111. The van der Waals surface area contributed by atoms with Gasteiger partial charge in [-0.05, 0) is 35.9 Å². The van der Waals surface area contributed by atoms with Gasteiger partial charge in [-0.15, -0.1) is 0 Å². The van der Waals surface area contributed by atoms with Crippen molar-refractivity contribution < 1.29 is 27.5 Å². The number of halogens is 4. The summed E-state index contributed by atoms with van der Waals surface area (Å²) in [5, 5.41) is 2.11. The van der Waals surface area contributed by atoms with Crippen LogP contribution in [0.1, 0.15) is 11.1 Å². The first-order valence-corrected chi connectivity index (χ1v) is 7.90. The van der Waals surface area contributed by atoms with Crippen LogP contribution in [0, 0.1) is 0 Å². The van der Waals surface area contributed by atoms with Crippen molar-refractivity contribution in [2.45, 2.75) is 6.18 Å². The topological polar surface area (TPSA) is 81.4 Å². The van der Waals surface area contributed by atoms with E-state index in [0.29, 0.717) is 11.4 Å². The van der Waals surface area contributed by atoms with Crippen molar-refractivity contribution in [2.24, 2.45) is 5.73 Å². The second kappa shape index (κ2) is 8.59. The molecule has 27 heavy (non-hydrogen) atoms. The second-order valence-electron chi connectivity index (χ2n) is 5.34. The Kier molecular flexibility index (Phi) is 6.46. The van der Waals surface area contributed by atoms with Crippen LogP contribution in [0.4, 0.5) is 18.9 Å². The molecule has 0 radical (unpaired) electrons. The lowest BCUT2D eigenvalue weighted by atomic mass is 10.1.